The van der Waals surface area contributed by atoms with Gasteiger partial charge in [-0.05, 0) is 72.7 Å². The second-order valence-corrected chi connectivity index (χ2v) is 11.2. The van der Waals surface area contributed by atoms with E-state index in [2.05, 4.69) is 4.90 Å². The van der Waals surface area contributed by atoms with Crippen molar-refractivity contribution in [1.29, 1.82) is 0 Å². The Labute approximate surface area is 211 Å². The van der Waals surface area contributed by atoms with E-state index in [1.54, 1.807) is 43.0 Å². The zero-order chi connectivity index (χ0) is 25.8. The molecular formula is C25H32ClFN2O5S. The average Bonchev–Trinajstić information content (AvgIpc) is 2.76. The molecule has 1 heterocycles. The van der Waals surface area contributed by atoms with E-state index in [1.807, 2.05) is 13.0 Å². The lowest BCUT2D eigenvalue weighted by atomic mass is 10.0. The van der Waals surface area contributed by atoms with Gasteiger partial charge in [0.25, 0.3) is 16.0 Å². The zero-order valence-corrected chi connectivity index (χ0v) is 21.8. The van der Waals surface area contributed by atoms with Crippen molar-refractivity contribution < 1.29 is 26.9 Å². The Morgan fingerprint density at radius 3 is 2.46 bits per heavy atom. The lowest BCUT2D eigenvalue weighted by molar-refractivity contribution is -0.135. The van der Waals surface area contributed by atoms with E-state index in [0.717, 1.165) is 11.1 Å². The molecule has 192 valence electrons. The SMILES string of the molecule is Cc1cc(CN2CCN(C(=O)COc3ccc(Cl)cc3CC(C)CS(=O)(=O)O)CC2)c(C)cc1F. The number of amides is 1. The first-order chi connectivity index (χ1) is 16.4. The molecule has 1 atom stereocenters. The lowest BCUT2D eigenvalue weighted by Crippen LogP contribution is -2.49. The Hall–Kier alpha value is -2.20. The Kier molecular flexibility index (Phi) is 9.15. The van der Waals surface area contributed by atoms with Gasteiger partial charge in [-0.25, -0.2) is 4.39 Å². The lowest BCUT2D eigenvalue weighted by Gasteiger charge is -2.35. The van der Waals surface area contributed by atoms with Gasteiger partial charge in [-0.1, -0.05) is 24.6 Å². The molecular weight excluding hydrogens is 495 g/mol. The Bertz CT molecular complexity index is 1170. The predicted molar refractivity (Wildman–Crippen MR) is 134 cm³/mol. The topological polar surface area (TPSA) is 87.2 Å². The van der Waals surface area contributed by atoms with E-state index in [-0.39, 0.29) is 30.0 Å². The number of hydrogen-bond acceptors (Lipinski definition) is 5. The minimum atomic E-state index is -4.09. The minimum absolute atomic E-state index is 0.134. The fourth-order valence-corrected chi connectivity index (χ4v) is 5.31. The maximum Gasteiger partial charge on any atom is 0.265 e. The molecule has 2 aromatic carbocycles. The van der Waals surface area contributed by atoms with E-state index in [9.17, 15) is 17.6 Å². The number of halogens is 2. The van der Waals surface area contributed by atoms with Crippen LogP contribution in [0.2, 0.25) is 5.02 Å². The summed E-state index contributed by atoms with van der Waals surface area (Å²) in [7, 11) is -4.09. The molecule has 0 bridgehead atoms. The normalized spacial score (nSPS) is 15.8. The number of rotatable bonds is 9. The van der Waals surface area contributed by atoms with Crippen LogP contribution in [0.15, 0.2) is 30.3 Å². The second-order valence-electron chi connectivity index (χ2n) is 9.28. The van der Waals surface area contributed by atoms with Crippen LogP contribution < -0.4 is 4.74 Å². The molecule has 1 aliphatic heterocycles. The van der Waals surface area contributed by atoms with Gasteiger partial charge in [0.1, 0.15) is 11.6 Å². The number of aryl methyl sites for hydroxylation is 2. The third kappa shape index (κ3) is 8.17. The monoisotopic (exact) mass is 526 g/mol. The molecule has 0 spiro atoms. The van der Waals surface area contributed by atoms with Crippen LogP contribution in [0.3, 0.4) is 0 Å². The molecule has 3 rings (SSSR count). The Balaban J connectivity index is 1.53. The van der Waals surface area contributed by atoms with Gasteiger partial charge >= 0.3 is 0 Å². The highest BCUT2D eigenvalue weighted by atomic mass is 35.5. The molecule has 0 saturated carbocycles. The first-order valence-corrected chi connectivity index (χ1v) is 13.5. The Morgan fingerprint density at radius 1 is 1.11 bits per heavy atom. The highest BCUT2D eigenvalue weighted by Crippen LogP contribution is 2.26. The third-order valence-electron chi connectivity index (χ3n) is 6.17. The first kappa shape index (κ1) is 27.4. The number of carbonyl (C=O) groups excluding carboxylic acids is 1. The quantitative estimate of drug-likeness (QED) is 0.499. The molecule has 35 heavy (non-hydrogen) atoms. The summed E-state index contributed by atoms with van der Waals surface area (Å²) in [6.45, 7) is 8.50. The number of nitrogens with zero attached hydrogens (tertiary/aromatic N) is 2. The smallest absolute Gasteiger partial charge is 0.265 e. The van der Waals surface area contributed by atoms with Crippen molar-refractivity contribution in [3.8, 4) is 5.75 Å². The fraction of sp³-hybridized carbons (Fsp3) is 0.480. The number of ether oxygens (including phenoxy) is 1. The molecule has 1 N–H and O–H groups in total. The van der Waals surface area contributed by atoms with Crippen molar-refractivity contribution in [3.05, 3.63) is 63.4 Å². The third-order valence-corrected chi connectivity index (χ3v) is 7.40. The first-order valence-electron chi connectivity index (χ1n) is 11.5. The van der Waals surface area contributed by atoms with Crippen molar-refractivity contribution in [1.82, 2.24) is 9.80 Å². The van der Waals surface area contributed by atoms with Gasteiger partial charge < -0.3 is 9.64 Å². The summed E-state index contributed by atoms with van der Waals surface area (Å²) in [4.78, 5) is 16.8. The molecule has 0 radical (unpaired) electrons. The summed E-state index contributed by atoms with van der Waals surface area (Å²) in [5.74, 6) is -0.600. The van der Waals surface area contributed by atoms with Crippen molar-refractivity contribution in [2.45, 2.75) is 33.7 Å². The van der Waals surface area contributed by atoms with E-state index in [4.69, 9.17) is 20.9 Å². The van der Waals surface area contributed by atoms with Gasteiger partial charge in [0.05, 0.1) is 5.75 Å². The largest absolute Gasteiger partial charge is 0.483 e. The summed E-state index contributed by atoms with van der Waals surface area (Å²) < 4.78 is 51.0. The molecule has 0 aromatic heterocycles. The van der Waals surface area contributed by atoms with Gasteiger partial charge in [-0.15, -0.1) is 0 Å². The maximum absolute atomic E-state index is 13.7. The predicted octanol–water partition coefficient (Wildman–Crippen LogP) is 3.89. The van der Waals surface area contributed by atoms with Crippen molar-refractivity contribution in [3.63, 3.8) is 0 Å². The van der Waals surface area contributed by atoms with E-state index in [1.165, 1.54) is 0 Å². The highest BCUT2D eigenvalue weighted by Gasteiger charge is 2.23. The number of hydrogen-bond donors (Lipinski definition) is 1. The molecule has 1 aliphatic rings. The molecule has 2 aromatic rings. The van der Waals surface area contributed by atoms with E-state index in [0.29, 0.717) is 61.0 Å². The van der Waals surface area contributed by atoms with Crippen LogP contribution in [0, 0.1) is 25.6 Å². The van der Waals surface area contributed by atoms with Crippen LogP contribution in [0.4, 0.5) is 4.39 Å². The summed E-state index contributed by atoms with van der Waals surface area (Å²) in [5, 5.41) is 0.473. The van der Waals surface area contributed by atoms with E-state index < -0.39 is 10.1 Å². The number of carbonyl (C=O) groups is 1. The summed E-state index contributed by atoms with van der Waals surface area (Å²) >= 11 is 6.09. The van der Waals surface area contributed by atoms with Crippen LogP contribution in [0.25, 0.3) is 0 Å². The van der Waals surface area contributed by atoms with Crippen LogP contribution >= 0.6 is 11.6 Å². The minimum Gasteiger partial charge on any atom is -0.483 e. The van der Waals surface area contributed by atoms with Gasteiger partial charge in [0.15, 0.2) is 6.61 Å². The standard InChI is InChI=1S/C25H32ClFN2O5S/c1-17(16-35(31,32)33)10-20-13-22(26)4-5-24(20)34-15-25(30)29-8-6-28(7-9-29)14-21-11-19(3)23(27)12-18(21)2/h4-5,11-13,17H,6-10,14-16H2,1-3H3,(H,31,32,33). The molecule has 7 nitrogen and oxygen atoms in total. The van der Waals surface area contributed by atoms with Crippen molar-refractivity contribution >= 4 is 27.6 Å². The molecule has 1 unspecified atom stereocenters. The second kappa shape index (κ2) is 11.7. The average molecular weight is 527 g/mol. The molecule has 1 fully saturated rings. The van der Waals surface area contributed by atoms with Gasteiger partial charge in [0.2, 0.25) is 0 Å². The van der Waals surface area contributed by atoms with Gasteiger partial charge in [-0.2, -0.15) is 8.42 Å². The van der Waals surface area contributed by atoms with Crippen molar-refractivity contribution in [2.75, 3.05) is 38.5 Å². The van der Waals surface area contributed by atoms with E-state index >= 15 is 0 Å². The van der Waals surface area contributed by atoms with Crippen LogP contribution in [-0.2, 0) is 27.9 Å². The molecule has 1 saturated heterocycles. The fourth-order valence-electron chi connectivity index (χ4n) is 4.28. The number of piperazine rings is 1. The van der Waals surface area contributed by atoms with Crippen molar-refractivity contribution in [2.24, 2.45) is 5.92 Å². The number of benzene rings is 2. The molecule has 0 aliphatic carbocycles. The molecule has 10 heteroatoms. The molecule has 1 amide bonds. The zero-order valence-electron chi connectivity index (χ0n) is 20.3. The van der Waals surface area contributed by atoms with Crippen LogP contribution in [0.1, 0.15) is 29.2 Å². The summed E-state index contributed by atoms with van der Waals surface area (Å²) in [6.07, 6.45) is 0.324. The maximum atomic E-state index is 13.7. The Morgan fingerprint density at radius 2 is 1.80 bits per heavy atom. The summed E-state index contributed by atoms with van der Waals surface area (Å²) in [5.41, 5.74) is 3.32. The van der Waals surface area contributed by atoms with Gasteiger partial charge in [-0.3, -0.25) is 14.2 Å². The summed E-state index contributed by atoms with van der Waals surface area (Å²) in [6, 6.07) is 8.44. The van der Waals surface area contributed by atoms with Gasteiger partial charge in [0, 0.05) is 37.7 Å². The van der Waals surface area contributed by atoms with Crippen LogP contribution in [0.5, 0.6) is 5.75 Å². The highest BCUT2D eigenvalue weighted by molar-refractivity contribution is 7.85. The van der Waals surface area contributed by atoms with Crippen LogP contribution in [-0.4, -0.2) is 67.2 Å².